The molecular weight excluding hydrogens is 328 g/mol. The van der Waals surface area contributed by atoms with Crippen molar-refractivity contribution in [3.63, 3.8) is 0 Å². The summed E-state index contributed by atoms with van der Waals surface area (Å²) in [4.78, 5) is 36.4. The highest BCUT2D eigenvalue weighted by Crippen LogP contribution is 2.40. The van der Waals surface area contributed by atoms with Gasteiger partial charge in [0.25, 0.3) is 5.91 Å². The predicted molar refractivity (Wildman–Crippen MR) is 91.5 cm³/mol. The highest BCUT2D eigenvalue weighted by molar-refractivity contribution is 7.17. The fraction of sp³-hybridized carbons (Fsp3) is 0.588. The Morgan fingerprint density at radius 1 is 1.21 bits per heavy atom. The molecule has 1 saturated carbocycles. The second-order valence-electron chi connectivity index (χ2n) is 6.75. The maximum Gasteiger partial charge on any atom is 0.303 e. The van der Waals surface area contributed by atoms with Crippen molar-refractivity contribution in [1.29, 1.82) is 0 Å². The minimum atomic E-state index is -1.00. The first-order valence-corrected chi connectivity index (χ1v) is 9.22. The van der Waals surface area contributed by atoms with E-state index in [9.17, 15) is 14.4 Å². The molecule has 1 aromatic heterocycles. The average Bonchev–Trinajstić information content (AvgIpc) is 3.24. The number of rotatable bonds is 6. The zero-order valence-electron chi connectivity index (χ0n) is 13.7. The first-order chi connectivity index (χ1) is 11.4. The van der Waals surface area contributed by atoms with Crippen molar-refractivity contribution >= 4 is 34.1 Å². The normalized spacial score (nSPS) is 19.5. The van der Waals surface area contributed by atoms with Gasteiger partial charge in [0.1, 0.15) is 5.00 Å². The van der Waals surface area contributed by atoms with Crippen LogP contribution in [-0.4, -0.2) is 28.9 Å². The highest BCUT2D eigenvalue weighted by atomic mass is 32.1. The summed E-state index contributed by atoms with van der Waals surface area (Å²) >= 11 is 1.46. The van der Waals surface area contributed by atoms with Crippen LogP contribution in [0.4, 0.5) is 5.00 Å². The zero-order chi connectivity index (χ0) is 17.3. The fourth-order valence-corrected chi connectivity index (χ4v) is 4.40. The molecule has 0 radical (unpaired) electrons. The van der Waals surface area contributed by atoms with E-state index in [0.717, 1.165) is 37.7 Å². The van der Waals surface area contributed by atoms with Gasteiger partial charge in [0.15, 0.2) is 0 Å². The smallest absolute Gasteiger partial charge is 0.303 e. The number of thiophene rings is 1. The highest BCUT2D eigenvalue weighted by Gasteiger charge is 2.31. The maximum absolute atomic E-state index is 12.6. The summed E-state index contributed by atoms with van der Waals surface area (Å²) in [6, 6.07) is 0.256. The van der Waals surface area contributed by atoms with E-state index >= 15 is 0 Å². The van der Waals surface area contributed by atoms with E-state index in [-0.39, 0.29) is 30.7 Å². The van der Waals surface area contributed by atoms with Crippen LogP contribution in [0.3, 0.4) is 0 Å². The van der Waals surface area contributed by atoms with Crippen molar-refractivity contribution in [2.45, 2.75) is 57.9 Å². The van der Waals surface area contributed by atoms with E-state index in [0.29, 0.717) is 16.5 Å². The van der Waals surface area contributed by atoms with Gasteiger partial charge in [-0.1, -0.05) is 6.92 Å². The van der Waals surface area contributed by atoms with Crippen LogP contribution < -0.4 is 10.6 Å². The van der Waals surface area contributed by atoms with Crippen LogP contribution in [0.15, 0.2) is 0 Å². The summed E-state index contributed by atoms with van der Waals surface area (Å²) in [7, 11) is 0. The van der Waals surface area contributed by atoms with Gasteiger partial charge < -0.3 is 15.7 Å². The monoisotopic (exact) mass is 350 g/mol. The molecule has 0 spiro atoms. The predicted octanol–water partition coefficient (Wildman–Crippen LogP) is 2.57. The van der Waals surface area contributed by atoms with E-state index in [1.807, 2.05) is 0 Å². The summed E-state index contributed by atoms with van der Waals surface area (Å²) in [5.41, 5.74) is 1.65. The number of anilines is 1. The lowest BCUT2D eigenvalue weighted by Gasteiger charge is -2.18. The average molecular weight is 350 g/mol. The van der Waals surface area contributed by atoms with Gasteiger partial charge in [-0.15, -0.1) is 11.3 Å². The lowest BCUT2D eigenvalue weighted by Crippen LogP contribution is -2.28. The van der Waals surface area contributed by atoms with Gasteiger partial charge in [-0.2, -0.15) is 0 Å². The standard InChI is InChI=1S/C17H22N2O4S/c1-9-2-5-11-12(8-9)24-17(19-13(20)6-7-14(21)22)15(11)16(23)18-10-3-4-10/h9-10H,2-8H2,1H3,(H,18,23)(H,19,20)(H,21,22)/t9-/m1/s1. The molecule has 3 N–H and O–H groups in total. The van der Waals surface area contributed by atoms with Crippen LogP contribution in [0.2, 0.25) is 0 Å². The van der Waals surface area contributed by atoms with Crippen LogP contribution in [0, 0.1) is 5.92 Å². The molecule has 0 unspecified atom stereocenters. The minimum Gasteiger partial charge on any atom is -0.481 e. The third kappa shape index (κ3) is 3.95. The van der Waals surface area contributed by atoms with Crippen molar-refractivity contribution in [3.8, 4) is 0 Å². The van der Waals surface area contributed by atoms with Crippen molar-refractivity contribution in [1.82, 2.24) is 5.32 Å². The van der Waals surface area contributed by atoms with E-state index in [2.05, 4.69) is 17.6 Å². The Kier molecular flexibility index (Phi) is 4.89. The van der Waals surface area contributed by atoms with E-state index in [4.69, 9.17) is 5.11 Å². The number of hydrogen-bond acceptors (Lipinski definition) is 4. The van der Waals surface area contributed by atoms with E-state index in [1.165, 1.54) is 16.2 Å². The van der Waals surface area contributed by atoms with Gasteiger partial charge in [0, 0.05) is 17.3 Å². The van der Waals surface area contributed by atoms with Gasteiger partial charge >= 0.3 is 5.97 Å². The molecule has 3 rings (SSSR count). The first kappa shape index (κ1) is 17.0. The number of hydrogen-bond donors (Lipinski definition) is 3. The molecule has 0 bridgehead atoms. The Hall–Kier alpha value is -1.89. The molecule has 2 amide bonds. The third-order valence-corrected chi connectivity index (χ3v) is 5.64. The molecule has 1 atom stereocenters. The molecule has 7 heteroatoms. The maximum atomic E-state index is 12.6. The Balaban J connectivity index is 1.82. The lowest BCUT2D eigenvalue weighted by atomic mass is 9.88. The first-order valence-electron chi connectivity index (χ1n) is 8.41. The van der Waals surface area contributed by atoms with Crippen LogP contribution in [0.25, 0.3) is 0 Å². The Morgan fingerprint density at radius 2 is 1.96 bits per heavy atom. The second kappa shape index (κ2) is 6.93. The summed E-state index contributed by atoms with van der Waals surface area (Å²) < 4.78 is 0. The number of aliphatic carboxylic acids is 1. The van der Waals surface area contributed by atoms with Crippen LogP contribution in [0.1, 0.15) is 59.8 Å². The van der Waals surface area contributed by atoms with Crippen LogP contribution in [0.5, 0.6) is 0 Å². The lowest BCUT2D eigenvalue weighted by molar-refractivity contribution is -0.138. The number of carbonyl (C=O) groups is 3. The zero-order valence-corrected chi connectivity index (χ0v) is 14.5. The molecule has 24 heavy (non-hydrogen) atoms. The van der Waals surface area contributed by atoms with Crippen molar-refractivity contribution in [3.05, 3.63) is 16.0 Å². The number of carboxylic acid groups (broad SMARTS) is 1. The number of carboxylic acids is 1. The Labute approximate surface area is 144 Å². The SMILES string of the molecule is C[C@@H]1CCc2c(sc(NC(=O)CCC(=O)O)c2C(=O)NC2CC2)C1. The second-order valence-corrected chi connectivity index (χ2v) is 7.85. The van der Waals surface area contributed by atoms with Gasteiger partial charge in [0.05, 0.1) is 12.0 Å². The fourth-order valence-electron chi connectivity index (χ4n) is 2.97. The molecule has 130 valence electrons. The molecule has 6 nitrogen and oxygen atoms in total. The summed E-state index contributed by atoms with van der Waals surface area (Å²) in [5, 5.41) is 15.0. The number of carbonyl (C=O) groups excluding carboxylic acids is 2. The van der Waals surface area contributed by atoms with Crippen LogP contribution in [-0.2, 0) is 22.4 Å². The van der Waals surface area contributed by atoms with E-state index in [1.54, 1.807) is 0 Å². The van der Waals surface area contributed by atoms with Gasteiger partial charge in [-0.3, -0.25) is 14.4 Å². The third-order valence-electron chi connectivity index (χ3n) is 4.47. The minimum absolute atomic E-state index is 0.0853. The summed E-state index contributed by atoms with van der Waals surface area (Å²) in [5.74, 6) is -0.898. The van der Waals surface area contributed by atoms with Crippen LogP contribution >= 0.6 is 11.3 Å². The number of amides is 2. The molecule has 2 aliphatic carbocycles. The van der Waals surface area contributed by atoms with Crippen molar-refractivity contribution in [2.24, 2.45) is 5.92 Å². The molecule has 0 aliphatic heterocycles. The molecule has 1 aromatic rings. The molecule has 1 fully saturated rings. The van der Waals surface area contributed by atoms with E-state index < -0.39 is 5.97 Å². The van der Waals surface area contributed by atoms with Gasteiger partial charge in [0.2, 0.25) is 5.91 Å². The summed E-state index contributed by atoms with van der Waals surface area (Å²) in [6.45, 7) is 2.19. The molecule has 1 heterocycles. The van der Waals surface area contributed by atoms with Gasteiger partial charge in [-0.05, 0) is 43.6 Å². The quantitative estimate of drug-likeness (QED) is 0.735. The van der Waals surface area contributed by atoms with Crippen molar-refractivity contribution in [2.75, 3.05) is 5.32 Å². The molecule has 0 aromatic carbocycles. The number of fused-ring (bicyclic) bond motifs is 1. The topological polar surface area (TPSA) is 95.5 Å². The van der Waals surface area contributed by atoms with Crippen molar-refractivity contribution < 1.29 is 19.5 Å². The summed E-state index contributed by atoms with van der Waals surface area (Å²) in [6.07, 6.45) is 4.54. The Morgan fingerprint density at radius 3 is 2.62 bits per heavy atom. The largest absolute Gasteiger partial charge is 0.481 e. The number of nitrogens with one attached hydrogen (secondary N) is 2. The molecule has 0 saturated heterocycles. The Bertz CT molecular complexity index is 678. The van der Waals surface area contributed by atoms with Gasteiger partial charge in [-0.25, -0.2) is 0 Å². The molecular formula is C17H22N2O4S. The molecule has 2 aliphatic rings.